The maximum Gasteiger partial charge on any atom is 0.243 e. The lowest BCUT2D eigenvalue weighted by molar-refractivity contribution is -0.127. The van der Waals surface area contributed by atoms with Crippen molar-refractivity contribution in [1.82, 2.24) is 20.0 Å². The van der Waals surface area contributed by atoms with Crippen LogP contribution in [0, 0.1) is 5.92 Å². The molecule has 2 aliphatic heterocycles. The normalized spacial score (nSPS) is 20.6. The van der Waals surface area contributed by atoms with Gasteiger partial charge in [0.2, 0.25) is 5.91 Å². The van der Waals surface area contributed by atoms with Crippen molar-refractivity contribution in [3.8, 4) is 0 Å². The highest BCUT2D eigenvalue weighted by molar-refractivity contribution is 14.0. The average molecular weight is 495 g/mol. The second-order valence-corrected chi connectivity index (χ2v) is 7.51. The molecule has 8 heteroatoms. The molecule has 0 bridgehead atoms. The van der Waals surface area contributed by atoms with Crippen LogP contribution < -0.4 is 5.32 Å². The van der Waals surface area contributed by atoms with Crippen LogP contribution in [0.1, 0.15) is 32.6 Å². The molecule has 2 heterocycles. The summed E-state index contributed by atoms with van der Waals surface area (Å²) < 4.78 is 5.40. The molecule has 1 amide bonds. The maximum atomic E-state index is 11.9. The van der Waals surface area contributed by atoms with E-state index in [1.165, 1.54) is 38.9 Å². The van der Waals surface area contributed by atoms with Crippen LogP contribution in [-0.4, -0.2) is 99.7 Å². The second-order valence-electron chi connectivity index (χ2n) is 7.51. The molecule has 158 valence electrons. The van der Waals surface area contributed by atoms with E-state index in [0.717, 1.165) is 45.2 Å². The summed E-state index contributed by atoms with van der Waals surface area (Å²) in [6.07, 6.45) is 4.84. The van der Waals surface area contributed by atoms with Crippen molar-refractivity contribution in [2.24, 2.45) is 10.9 Å². The zero-order valence-corrected chi connectivity index (χ0v) is 19.6. The Kier molecular flexibility index (Phi) is 12.3. The van der Waals surface area contributed by atoms with E-state index in [0.29, 0.717) is 5.92 Å². The van der Waals surface area contributed by atoms with Gasteiger partial charge in [-0.2, -0.15) is 0 Å². The molecule has 7 nitrogen and oxygen atoms in total. The number of carbonyl (C=O) groups excluding carboxylic acids is 1. The van der Waals surface area contributed by atoms with Crippen LogP contribution >= 0.6 is 24.0 Å². The highest BCUT2D eigenvalue weighted by Crippen LogP contribution is 2.20. The zero-order valence-electron chi connectivity index (χ0n) is 17.3. The van der Waals surface area contributed by atoms with E-state index in [9.17, 15) is 4.79 Å². The first-order chi connectivity index (χ1) is 12.6. The Morgan fingerprint density at radius 2 is 2.00 bits per heavy atom. The van der Waals surface area contributed by atoms with Crippen molar-refractivity contribution in [2.45, 2.75) is 32.6 Å². The van der Waals surface area contributed by atoms with Crippen molar-refractivity contribution < 1.29 is 9.53 Å². The number of hydrogen-bond donors (Lipinski definition) is 1. The SMILES string of the molecule is CCOCCCNC(=NCC(=O)N(C)C)N1CCC(CN2CCCC2)C1.I. The van der Waals surface area contributed by atoms with Gasteiger partial charge in [-0.25, -0.2) is 4.99 Å². The molecule has 1 unspecified atom stereocenters. The number of amides is 1. The van der Waals surface area contributed by atoms with Crippen LogP contribution in [0.3, 0.4) is 0 Å². The van der Waals surface area contributed by atoms with Crippen LogP contribution in [0.4, 0.5) is 0 Å². The van der Waals surface area contributed by atoms with Crippen molar-refractivity contribution in [1.29, 1.82) is 0 Å². The summed E-state index contributed by atoms with van der Waals surface area (Å²) in [6.45, 7) is 10.3. The number of carbonyl (C=O) groups is 1. The van der Waals surface area contributed by atoms with E-state index in [1.54, 1.807) is 19.0 Å². The van der Waals surface area contributed by atoms with E-state index in [4.69, 9.17) is 4.74 Å². The number of nitrogens with zero attached hydrogens (tertiary/aromatic N) is 4. The first kappa shape index (κ1) is 24.4. The summed E-state index contributed by atoms with van der Waals surface area (Å²) in [5.41, 5.74) is 0. The minimum Gasteiger partial charge on any atom is -0.382 e. The van der Waals surface area contributed by atoms with Gasteiger partial charge >= 0.3 is 0 Å². The van der Waals surface area contributed by atoms with E-state index in [2.05, 4.69) is 20.1 Å². The molecular formula is C19H38IN5O2. The average Bonchev–Trinajstić information content (AvgIpc) is 3.29. The smallest absolute Gasteiger partial charge is 0.243 e. The molecule has 1 N–H and O–H groups in total. The van der Waals surface area contributed by atoms with Crippen molar-refractivity contribution >= 4 is 35.8 Å². The molecule has 2 fully saturated rings. The Morgan fingerprint density at radius 1 is 1.26 bits per heavy atom. The fourth-order valence-corrected chi connectivity index (χ4v) is 3.57. The molecule has 0 aromatic rings. The lowest BCUT2D eigenvalue weighted by Gasteiger charge is -2.24. The van der Waals surface area contributed by atoms with Gasteiger partial charge in [0.15, 0.2) is 5.96 Å². The van der Waals surface area contributed by atoms with E-state index < -0.39 is 0 Å². The summed E-state index contributed by atoms with van der Waals surface area (Å²) in [6, 6.07) is 0. The topological polar surface area (TPSA) is 60.4 Å². The monoisotopic (exact) mass is 495 g/mol. The lowest BCUT2D eigenvalue weighted by Crippen LogP contribution is -2.42. The Hall–Kier alpha value is -0.610. The van der Waals surface area contributed by atoms with Gasteiger partial charge in [0, 0.05) is 53.5 Å². The summed E-state index contributed by atoms with van der Waals surface area (Å²) in [7, 11) is 3.55. The van der Waals surface area contributed by atoms with Crippen LogP contribution in [0.25, 0.3) is 0 Å². The van der Waals surface area contributed by atoms with Gasteiger partial charge in [-0.05, 0) is 51.6 Å². The van der Waals surface area contributed by atoms with Gasteiger partial charge in [0.1, 0.15) is 6.54 Å². The minimum absolute atomic E-state index is 0. The second kappa shape index (κ2) is 13.5. The van der Waals surface area contributed by atoms with Crippen LogP contribution in [-0.2, 0) is 9.53 Å². The van der Waals surface area contributed by atoms with Crippen molar-refractivity contribution in [3.05, 3.63) is 0 Å². The third-order valence-electron chi connectivity index (χ3n) is 5.12. The molecular weight excluding hydrogens is 457 g/mol. The summed E-state index contributed by atoms with van der Waals surface area (Å²) in [4.78, 5) is 23.0. The fraction of sp³-hybridized carbons (Fsp3) is 0.895. The number of halogens is 1. The van der Waals surface area contributed by atoms with Crippen molar-refractivity contribution in [3.63, 3.8) is 0 Å². The summed E-state index contributed by atoms with van der Waals surface area (Å²) in [5.74, 6) is 1.61. The molecule has 0 spiro atoms. The number of rotatable bonds is 9. The molecule has 27 heavy (non-hydrogen) atoms. The standard InChI is InChI=1S/C19H37N5O2.HI/c1-4-26-13-7-9-20-19(21-14-18(25)22(2)3)24-12-8-17(16-24)15-23-10-5-6-11-23;/h17H,4-16H2,1-3H3,(H,20,21);1H. The number of ether oxygens (including phenoxy) is 1. The van der Waals surface area contributed by atoms with Crippen LogP contribution in [0.2, 0.25) is 0 Å². The Labute approximate surface area is 181 Å². The predicted octanol–water partition coefficient (Wildman–Crippen LogP) is 1.48. The van der Waals surface area contributed by atoms with E-state index in [-0.39, 0.29) is 36.4 Å². The largest absolute Gasteiger partial charge is 0.382 e. The van der Waals surface area contributed by atoms with Gasteiger partial charge in [-0.1, -0.05) is 0 Å². The number of likely N-dealkylation sites (N-methyl/N-ethyl adjacent to an activating group) is 1. The van der Waals surface area contributed by atoms with E-state index in [1.807, 2.05) is 6.92 Å². The molecule has 0 radical (unpaired) electrons. The Bertz CT molecular complexity index is 455. The van der Waals surface area contributed by atoms with Gasteiger partial charge in [0.05, 0.1) is 0 Å². The summed E-state index contributed by atoms with van der Waals surface area (Å²) in [5, 5.41) is 3.44. The lowest BCUT2D eigenvalue weighted by atomic mass is 10.1. The first-order valence-corrected chi connectivity index (χ1v) is 10.1. The molecule has 0 saturated carbocycles. The molecule has 0 aliphatic carbocycles. The van der Waals surface area contributed by atoms with Gasteiger partial charge in [-0.3, -0.25) is 4.79 Å². The first-order valence-electron chi connectivity index (χ1n) is 10.1. The Balaban J connectivity index is 0.00000364. The molecule has 0 aromatic carbocycles. The van der Waals surface area contributed by atoms with Crippen LogP contribution in [0.5, 0.6) is 0 Å². The number of aliphatic imine (C=N–C) groups is 1. The molecule has 2 aliphatic rings. The fourth-order valence-electron chi connectivity index (χ4n) is 3.57. The van der Waals surface area contributed by atoms with Gasteiger partial charge < -0.3 is 24.8 Å². The number of guanidine groups is 1. The molecule has 2 saturated heterocycles. The highest BCUT2D eigenvalue weighted by Gasteiger charge is 2.27. The van der Waals surface area contributed by atoms with Gasteiger partial charge in [0.25, 0.3) is 0 Å². The number of nitrogens with one attached hydrogen (secondary N) is 1. The van der Waals surface area contributed by atoms with Crippen LogP contribution in [0.15, 0.2) is 4.99 Å². The third-order valence-corrected chi connectivity index (χ3v) is 5.12. The van der Waals surface area contributed by atoms with Gasteiger partial charge in [-0.15, -0.1) is 24.0 Å². The number of hydrogen-bond acceptors (Lipinski definition) is 4. The Morgan fingerprint density at radius 3 is 2.67 bits per heavy atom. The molecule has 1 atom stereocenters. The highest BCUT2D eigenvalue weighted by atomic mass is 127. The summed E-state index contributed by atoms with van der Waals surface area (Å²) >= 11 is 0. The molecule has 0 aromatic heterocycles. The van der Waals surface area contributed by atoms with Crippen molar-refractivity contribution in [2.75, 3.05) is 73.1 Å². The minimum atomic E-state index is 0. The zero-order chi connectivity index (χ0) is 18.8. The predicted molar refractivity (Wildman–Crippen MR) is 121 cm³/mol. The number of likely N-dealkylation sites (tertiary alicyclic amines) is 2. The quantitative estimate of drug-likeness (QED) is 0.227. The molecule has 2 rings (SSSR count). The maximum absolute atomic E-state index is 11.9. The van der Waals surface area contributed by atoms with E-state index >= 15 is 0 Å². The third kappa shape index (κ3) is 8.95.